The average molecular weight is 375 g/mol. The van der Waals surface area contributed by atoms with Crippen LogP contribution in [0.5, 0.6) is 0 Å². The average Bonchev–Trinajstić information content (AvgIpc) is 2.61. The molecule has 0 saturated carbocycles. The first-order valence-corrected chi connectivity index (χ1v) is 8.65. The Labute approximate surface area is 149 Å². The molecule has 0 aromatic heterocycles. The number of hydrogen-bond acceptors (Lipinski definition) is 1. The third kappa shape index (κ3) is 2.53. The first-order chi connectivity index (χ1) is 11.6. The summed E-state index contributed by atoms with van der Waals surface area (Å²) in [4.78, 5) is 11.4. The third-order valence-electron chi connectivity index (χ3n) is 4.44. The predicted molar refractivity (Wildman–Crippen MR) is 105 cm³/mol. The maximum atomic E-state index is 11.4. The van der Waals surface area contributed by atoms with Gasteiger partial charge in [-0.2, -0.15) is 0 Å². The zero-order chi connectivity index (χ0) is 16.7. The highest BCUT2D eigenvalue weighted by Gasteiger charge is 2.07. The van der Waals surface area contributed by atoms with Crippen molar-refractivity contribution in [3.8, 4) is 11.1 Å². The second-order valence-electron chi connectivity index (χ2n) is 5.97. The van der Waals surface area contributed by atoms with Gasteiger partial charge in [0.1, 0.15) is 0 Å². The van der Waals surface area contributed by atoms with Crippen molar-refractivity contribution >= 4 is 43.3 Å². The van der Waals surface area contributed by atoms with Crippen molar-refractivity contribution in [2.75, 3.05) is 0 Å². The highest BCUT2D eigenvalue weighted by Crippen LogP contribution is 2.34. The molecule has 0 heterocycles. The summed E-state index contributed by atoms with van der Waals surface area (Å²) in [7, 11) is 0. The molecule has 4 aromatic carbocycles. The molecule has 0 bridgehead atoms. The molecule has 24 heavy (non-hydrogen) atoms. The van der Waals surface area contributed by atoms with E-state index in [0.29, 0.717) is 0 Å². The van der Waals surface area contributed by atoms with E-state index in [-0.39, 0.29) is 5.78 Å². The molecule has 1 nitrogen and oxygen atoms in total. The topological polar surface area (TPSA) is 17.1 Å². The number of halogens is 1. The number of ketones is 1. The summed E-state index contributed by atoms with van der Waals surface area (Å²) < 4.78 is 1.11. The van der Waals surface area contributed by atoms with Gasteiger partial charge in [0, 0.05) is 15.4 Å². The van der Waals surface area contributed by atoms with Gasteiger partial charge in [-0.05, 0) is 46.3 Å². The number of benzene rings is 4. The van der Waals surface area contributed by atoms with Crippen LogP contribution in [0, 0.1) is 0 Å². The molecule has 0 fully saturated rings. The van der Waals surface area contributed by atoms with Crippen molar-refractivity contribution in [2.45, 2.75) is 6.92 Å². The van der Waals surface area contributed by atoms with Crippen molar-refractivity contribution in [1.29, 1.82) is 0 Å². The molecule has 0 aliphatic carbocycles. The zero-order valence-corrected chi connectivity index (χ0v) is 14.8. The van der Waals surface area contributed by atoms with Crippen LogP contribution in [0.1, 0.15) is 17.3 Å². The Balaban J connectivity index is 1.94. The summed E-state index contributed by atoms with van der Waals surface area (Å²) in [6, 6.07) is 24.9. The van der Waals surface area contributed by atoms with E-state index in [1.807, 2.05) is 24.3 Å². The standard InChI is InChI=1S/C22H15BrO/c1-14(24)15-5-7-16(8-6-15)19-12-10-17-9-11-18-3-2-4-21(23)22(18)20(17)13-19/h2-13H,1H3. The Hall–Kier alpha value is -2.45. The van der Waals surface area contributed by atoms with E-state index in [1.54, 1.807) is 6.92 Å². The third-order valence-corrected chi connectivity index (χ3v) is 5.10. The van der Waals surface area contributed by atoms with E-state index in [4.69, 9.17) is 0 Å². The highest BCUT2D eigenvalue weighted by atomic mass is 79.9. The van der Waals surface area contributed by atoms with Gasteiger partial charge in [0.15, 0.2) is 5.78 Å². The lowest BCUT2D eigenvalue weighted by molar-refractivity contribution is 0.101. The van der Waals surface area contributed by atoms with Gasteiger partial charge in [-0.25, -0.2) is 0 Å². The molecule has 4 rings (SSSR count). The van der Waals surface area contributed by atoms with E-state index < -0.39 is 0 Å². The summed E-state index contributed by atoms with van der Waals surface area (Å²) in [5.41, 5.74) is 3.01. The molecule has 0 saturated heterocycles. The van der Waals surface area contributed by atoms with Crippen molar-refractivity contribution in [3.63, 3.8) is 0 Å². The number of fused-ring (bicyclic) bond motifs is 3. The lowest BCUT2D eigenvalue weighted by Crippen LogP contribution is -1.90. The monoisotopic (exact) mass is 374 g/mol. The van der Waals surface area contributed by atoms with Crippen LogP contribution in [0.25, 0.3) is 32.7 Å². The minimum atomic E-state index is 0.0926. The number of carbonyl (C=O) groups is 1. The van der Waals surface area contributed by atoms with Gasteiger partial charge in [0.05, 0.1) is 0 Å². The molecule has 0 aliphatic rings. The quantitative estimate of drug-likeness (QED) is 0.284. The summed E-state index contributed by atoms with van der Waals surface area (Å²) in [6.45, 7) is 1.59. The zero-order valence-electron chi connectivity index (χ0n) is 13.2. The lowest BCUT2D eigenvalue weighted by atomic mass is 9.96. The molecular weight excluding hydrogens is 360 g/mol. The molecular formula is C22H15BrO. The van der Waals surface area contributed by atoms with Gasteiger partial charge in [-0.15, -0.1) is 0 Å². The van der Waals surface area contributed by atoms with Crippen LogP contribution in [0.3, 0.4) is 0 Å². The van der Waals surface area contributed by atoms with Gasteiger partial charge in [-0.3, -0.25) is 4.79 Å². The molecule has 116 valence electrons. The maximum Gasteiger partial charge on any atom is 0.159 e. The molecule has 0 aliphatic heterocycles. The van der Waals surface area contributed by atoms with Crippen LogP contribution in [-0.4, -0.2) is 5.78 Å². The Morgan fingerprint density at radius 3 is 2.21 bits per heavy atom. The van der Waals surface area contributed by atoms with Gasteiger partial charge in [0.25, 0.3) is 0 Å². The van der Waals surface area contributed by atoms with Gasteiger partial charge < -0.3 is 0 Å². The van der Waals surface area contributed by atoms with Crippen molar-refractivity contribution in [2.24, 2.45) is 0 Å². The summed E-state index contributed by atoms with van der Waals surface area (Å²) >= 11 is 3.69. The fraction of sp³-hybridized carbons (Fsp3) is 0.0455. The number of Topliss-reactive ketones (excluding diaryl/α,β-unsaturated/α-hetero) is 1. The van der Waals surface area contributed by atoms with Crippen molar-refractivity contribution in [3.05, 3.63) is 82.8 Å². The van der Waals surface area contributed by atoms with Gasteiger partial charge in [0.2, 0.25) is 0 Å². The summed E-state index contributed by atoms with van der Waals surface area (Å²) in [5.74, 6) is 0.0926. The van der Waals surface area contributed by atoms with Crippen LogP contribution in [0.4, 0.5) is 0 Å². The predicted octanol–water partition coefficient (Wildman–Crippen LogP) is 6.63. The van der Waals surface area contributed by atoms with Crippen LogP contribution < -0.4 is 0 Å². The second kappa shape index (κ2) is 5.88. The largest absolute Gasteiger partial charge is 0.295 e. The molecule has 0 atom stereocenters. The van der Waals surface area contributed by atoms with Crippen LogP contribution in [0.2, 0.25) is 0 Å². The first-order valence-electron chi connectivity index (χ1n) is 7.86. The molecule has 0 N–H and O–H groups in total. The Morgan fingerprint density at radius 1 is 0.792 bits per heavy atom. The Morgan fingerprint density at radius 2 is 1.46 bits per heavy atom. The SMILES string of the molecule is CC(=O)c1ccc(-c2ccc3ccc4cccc(Br)c4c3c2)cc1. The fourth-order valence-electron chi connectivity index (χ4n) is 3.14. The fourth-order valence-corrected chi connectivity index (χ4v) is 3.73. The van der Waals surface area contributed by atoms with Crippen molar-refractivity contribution in [1.82, 2.24) is 0 Å². The smallest absolute Gasteiger partial charge is 0.159 e. The number of rotatable bonds is 2. The minimum Gasteiger partial charge on any atom is -0.295 e. The molecule has 0 amide bonds. The normalized spacial score (nSPS) is 11.1. The molecule has 0 spiro atoms. The minimum absolute atomic E-state index is 0.0926. The Bertz CT molecular complexity index is 1080. The van der Waals surface area contributed by atoms with Gasteiger partial charge in [-0.1, -0.05) is 76.6 Å². The number of hydrogen-bond donors (Lipinski definition) is 0. The summed E-state index contributed by atoms with van der Waals surface area (Å²) in [5, 5.41) is 4.91. The van der Waals surface area contributed by atoms with E-state index in [2.05, 4.69) is 64.5 Å². The molecule has 2 heteroatoms. The highest BCUT2D eigenvalue weighted by molar-refractivity contribution is 9.10. The molecule has 0 unspecified atom stereocenters. The molecule has 4 aromatic rings. The van der Waals surface area contributed by atoms with Crippen LogP contribution in [-0.2, 0) is 0 Å². The Kier molecular flexibility index (Phi) is 3.70. The maximum absolute atomic E-state index is 11.4. The van der Waals surface area contributed by atoms with E-state index in [9.17, 15) is 4.79 Å². The van der Waals surface area contributed by atoms with Crippen LogP contribution >= 0.6 is 15.9 Å². The summed E-state index contributed by atoms with van der Waals surface area (Å²) in [6.07, 6.45) is 0. The van der Waals surface area contributed by atoms with Crippen molar-refractivity contribution < 1.29 is 4.79 Å². The van der Waals surface area contributed by atoms with Gasteiger partial charge >= 0.3 is 0 Å². The van der Waals surface area contributed by atoms with E-state index >= 15 is 0 Å². The van der Waals surface area contributed by atoms with Crippen LogP contribution in [0.15, 0.2) is 77.3 Å². The number of carbonyl (C=O) groups excluding carboxylic acids is 1. The first kappa shape index (κ1) is 15.1. The lowest BCUT2D eigenvalue weighted by Gasteiger charge is -2.09. The second-order valence-corrected chi connectivity index (χ2v) is 6.83. The van der Waals surface area contributed by atoms with E-state index in [1.165, 1.54) is 21.5 Å². The van der Waals surface area contributed by atoms with E-state index in [0.717, 1.165) is 21.2 Å². The molecule has 0 radical (unpaired) electrons.